The van der Waals surface area contributed by atoms with Crippen molar-refractivity contribution in [1.82, 2.24) is 15.1 Å². The average molecular weight is 277 g/mol. The van der Waals surface area contributed by atoms with Crippen LogP contribution in [0.1, 0.15) is 57.2 Å². The number of piperidine rings is 1. The summed E-state index contributed by atoms with van der Waals surface area (Å²) < 4.78 is 5.62. The standard InChI is InChI=1S/C15H23N3O2/c1-2-14-16-17-15(20-14)10-18-9-4-3-7-12(18)11-6-5-8-13(11)19/h11-12H,2-10H2,1H3. The van der Waals surface area contributed by atoms with Crippen molar-refractivity contribution in [3.63, 3.8) is 0 Å². The van der Waals surface area contributed by atoms with Gasteiger partial charge < -0.3 is 4.42 Å². The van der Waals surface area contributed by atoms with Crippen molar-refractivity contribution in [2.45, 2.75) is 64.5 Å². The van der Waals surface area contributed by atoms with Crippen molar-refractivity contribution in [3.8, 4) is 0 Å². The molecule has 0 radical (unpaired) electrons. The highest BCUT2D eigenvalue weighted by molar-refractivity contribution is 5.83. The number of aromatic nitrogens is 2. The zero-order chi connectivity index (χ0) is 13.9. The second-order valence-corrected chi connectivity index (χ2v) is 5.94. The van der Waals surface area contributed by atoms with Crippen LogP contribution in [0.3, 0.4) is 0 Å². The number of nitrogens with zero attached hydrogens (tertiary/aromatic N) is 3. The van der Waals surface area contributed by atoms with Gasteiger partial charge in [-0.05, 0) is 32.2 Å². The molecule has 5 nitrogen and oxygen atoms in total. The van der Waals surface area contributed by atoms with Crippen LogP contribution in [0, 0.1) is 5.92 Å². The summed E-state index contributed by atoms with van der Waals surface area (Å²) in [6, 6.07) is 0.385. The van der Waals surface area contributed by atoms with Gasteiger partial charge in [0.2, 0.25) is 11.8 Å². The Labute approximate surface area is 119 Å². The van der Waals surface area contributed by atoms with Gasteiger partial charge in [-0.3, -0.25) is 9.69 Å². The topological polar surface area (TPSA) is 59.2 Å². The van der Waals surface area contributed by atoms with Crippen LogP contribution in [-0.4, -0.2) is 33.5 Å². The third-order valence-corrected chi connectivity index (χ3v) is 4.63. The number of carbonyl (C=O) groups excluding carboxylic acids is 1. The molecule has 1 saturated heterocycles. The molecule has 3 rings (SSSR count). The maximum Gasteiger partial charge on any atom is 0.230 e. The van der Waals surface area contributed by atoms with Gasteiger partial charge in [-0.2, -0.15) is 0 Å². The Balaban J connectivity index is 1.70. The van der Waals surface area contributed by atoms with Crippen LogP contribution in [0.5, 0.6) is 0 Å². The molecule has 110 valence electrons. The Morgan fingerprint density at radius 2 is 2.05 bits per heavy atom. The summed E-state index contributed by atoms with van der Waals surface area (Å²) in [5.74, 6) is 2.09. The van der Waals surface area contributed by atoms with E-state index in [2.05, 4.69) is 15.1 Å². The molecule has 2 unspecified atom stereocenters. The molecule has 20 heavy (non-hydrogen) atoms. The van der Waals surface area contributed by atoms with Crippen LogP contribution in [0.4, 0.5) is 0 Å². The van der Waals surface area contributed by atoms with E-state index in [1.807, 2.05) is 6.92 Å². The fourth-order valence-electron chi connectivity index (χ4n) is 3.59. The zero-order valence-electron chi connectivity index (χ0n) is 12.2. The largest absolute Gasteiger partial charge is 0.424 e. The lowest BCUT2D eigenvalue weighted by Crippen LogP contribution is -2.44. The van der Waals surface area contributed by atoms with Crippen molar-refractivity contribution < 1.29 is 9.21 Å². The van der Waals surface area contributed by atoms with Crippen molar-refractivity contribution >= 4 is 5.78 Å². The quantitative estimate of drug-likeness (QED) is 0.845. The number of hydrogen-bond donors (Lipinski definition) is 0. The third-order valence-electron chi connectivity index (χ3n) is 4.63. The van der Waals surface area contributed by atoms with Crippen LogP contribution < -0.4 is 0 Å². The second-order valence-electron chi connectivity index (χ2n) is 5.94. The van der Waals surface area contributed by atoms with Crippen molar-refractivity contribution in [2.24, 2.45) is 5.92 Å². The first kappa shape index (κ1) is 13.7. The average Bonchev–Trinajstić information content (AvgIpc) is 3.08. The first-order chi connectivity index (χ1) is 9.78. The summed E-state index contributed by atoms with van der Waals surface area (Å²) in [7, 11) is 0. The Hall–Kier alpha value is -1.23. The molecule has 2 aliphatic rings. The Morgan fingerprint density at radius 1 is 1.20 bits per heavy atom. The highest BCUT2D eigenvalue weighted by Crippen LogP contribution is 2.33. The summed E-state index contributed by atoms with van der Waals surface area (Å²) in [6.07, 6.45) is 7.23. The van der Waals surface area contributed by atoms with E-state index in [1.54, 1.807) is 0 Å². The molecular formula is C15H23N3O2. The predicted octanol–water partition coefficient (Wildman–Crippen LogP) is 2.36. The van der Waals surface area contributed by atoms with Gasteiger partial charge in [0.1, 0.15) is 5.78 Å². The van der Waals surface area contributed by atoms with E-state index in [-0.39, 0.29) is 5.92 Å². The van der Waals surface area contributed by atoms with Crippen LogP contribution in [0.25, 0.3) is 0 Å². The molecule has 0 bridgehead atoms. The predicted molar refractivity (Wildman–Crippen MR) is 74.1 cm³/mol. The summed E-state index contributed by atoms with van der Waals surface area (Å²) in [5, 5.41) is 8.15. The first-order valence-corrected chi connectivity index (χ1v) is 7.86. The van der Waals surface area contributed by atoms with E-state index < -0.39 is 0 Å². The number of ketones is 1. The number of carbonyl (C=O) groups is 1. The highest BCUT2D eigenvalue weighted by Gasteiger charge is 2.37. The Morgan fingerprint density at radius 3 is 2.75 bits per heavy atom. The van der Waals surface area contributed by atoms with Gasteiger partial charge in [0.05, 0.1) is 6.54 Å². The van der Waals surface area contributed by atoms with Crippen molar-refractivity contribution in [2.75, 3.05) is 6.54 Å². The van der Waals surface area contributed by atoms with Gasteiger partial charge in [-0.25, -0.2) is 0 Å². The van der Waals surface area contributed by atoms with Gasteiger partial charge in [0.25, 0.3) is 0 Å². The molecule has 1 aromatic heterocycles. The van der Waals surface area contributed by atoms with E-state index in [0.717, 1.165) is 38.6 Å². The molecule has 1 aliphatic heterocycles. The molecule has 0 aromatic carbocycles. The molecule has 2 atom stereocenters. The minimum absolute atomic E-state index is 0.240. The monoisotopic (exact) mass is 277 g/mol. The van der Waals surface area contributed by atoms with Gasteiger partial charge in [0.15, 0.2) is 0 Å². The minimum Gasteiger partial charge on any atom is -0.424 e. The zero-order valence-corrected chi connectivity index (χ0v) is 12.2. The van der Waals surface area contributed by atoms with Crippen LogP contribution in [0.2, 0.25) is 0 Å². The molecule has 1 aliphatic carbocycles. The molecule has 1 saturated carbocycles. The van der Waals surface area contributed by atoms with Gasteiger partial charge >= 0.3 is 0 Å². The maximum absolute atomic E-state index is 12.0. The summed E-state index contributed by atoms with van der Waals surface area (Å²) in [5.41, 5.74) is 0. The number of aryl methyl sites for hydroxylation is 1. The summed E-state index contributed by atoms with van der Waals surface area (Å²) in [4.78, 5) is 14.4. The van der Waals surface area contributed by atoms with Crippen LogP contribution in [-0.2, 0) is 17.8 Å². The normalized spacial score (nSPS) is 28.1. The minimum atomic E-state index is 0.240. The number of Topliss-reactive ketones (excluding diaryl/α,β-unsaturated/α-hetero) is 1. The second kappa shape index (κ2) is 6.04. The van der Waals surface area contributed by atoms with Crippen molar-refractivity contribution in [3.05, 3.63) is 11.8 Å². The summed E-state index contributed by atoms with van der Waals surface area (Å²) in [6.45, 7) is 3.75. The smallest absolute Gasteiger partial charge is 0.230 e. The van der Waals surface area contributed by atoms with E-state index in [9.17, 15) is 4.79 Å². The van der Waals surface area contributed by atoms with Gasteiger partial charge in [-0.1, -0.05) is 13.3 Å². The molecular weight excluding hydrogens is 254 g/mol. The van der Waals surface area contributed by atoms with Gasteiger partial charge in [0, 0.05) is 24.8 Å². The molecule has 2 fully saturated rings. The number of hydrogen-bond acceptors (Lipinski definition) is 5. The molecule has 0 N–H and O–H groups in total. The van der Waals surface area contributed by atoms with Crippen LogP contribution in [0.15, 0.2) is 4.42 Å². The third kappa shape index (κ3) is 2.77. The lowest BCUT2D eigenvalue weighted by atomic mass is 9.88. The van der Waals surface area contributed by atoms with E-state index in [0.29, 0.717) is 30.2 Å². The summed E-state index contributed by atoms with van der Waals surface area (Å²) >= 11 is 0. The molecule has 2 heterocycles. The number of rotatable bonds is 4. The molecule has 0 amide bonds. The fraction of sp³-hybridized carbons (Fsp3) is 0.800. The first-order valence-electron chi connectivity index (χ1n) is 7.86. The maximum atomic E-state index is 12.0. The SMILES string of the molecule is CCc1nnc(CN2CCCCC2C2CCCC2=O)o1. The Bertz CT molecular complexity index is 471. The van der Waals surface area contributed by atoms with E-state index in [1.165, 1.54) is 12.8 Å². The molecule has 0 spiro atoms. The Kier molecular flexibility index (Phi) is 4.15. The van der Waals surface area contributed by atoms with E-state index in [4.69, 9.17) is 4.42 Å². The van der Waals surface area contributed by atoms with Gasteiger partial charge in [-0.15, -0.1) is 10.2 Å². The fourth-order valence-corrected chi connectivity index (χ4v) is 3.59. The highest BCUT2D eigenvalue weighted by atomic mass is 16.4. The van der Waals surface area contributed by atoms with E-state index >= 15 is 0 Å². The number of likely N-dealkylation sites (tertiary alicyclic amines) is 1. The van der Waals surface area contributed by atoms with Crippen molar-refractivity contribution in [1.29, 1.82) is 0 Å². The van der Waals surface area contributed by atoms with Crippen LogP contribution >= 0.6 is 0 Å². The molecule has 5 heteroatoms. The lowest BCUT2D eigenvalue weighted by molar-refractivity contribution is -0.123. The lowest BCUT2D eigenvalue weighted by Gasteiger charge is -2.37. The molecule has 1 aromatic rings.